The fourth-order valence-corrected chi connectivity index (χ4v) is 4.49. The Bertz CT molecular complexity index is 1020. The number of aryl methyl sites for hydroxylation is 1. The number of thioether (sulfide) groups is 1. The Morgan fingerprint density at radius 1 is 1.14 bits per heavy atom. The number of carbonyl (C=O) groups is 1. The van der Waals surface area contributed by atoms with Crippen molar-refractivity contribution in [2.24, 2.45) is 0 Å². The lowest BCUT2D eigenvalue weighted by Gasteiger charge is -2.18. The van der Waals surface area contributed by atoms with Crippen molar-refractivity contribution in [1.29, 1.82) is 0 Å². The van der Waals surface area contributed by atoms with Crippen LogP contribution < -0.4 is 5.32 Å². The van der Waals surface area contributed by atoms with Gasteiger partial charge in [0.1, 0.15) is 0 Å². The van der Waals surface area contributed by atoms with Gasteiger partial charge in [-0.05, 0) is 73.8 Å². The lowest BCUT2D eigenvalue weighted by atomic mass is 9.94. The number of halogens is 1. The molecule has 4 rings (SSSR count). The van der Waals surface area contributed by atoms with Crippen molar-refractivity contribution in [2.75, 3.05) is 12.8 Å². The molecule has 0 saturated heterocycles. The Morgan fingerprint density at radius 3 is 2.71 bits per heavy atom. The van der Waals surface area contributed by atoms with Gasteiger partial charge in [0.05, 0.1) is 10.5 Å². The Balaban J connectivity index is 1.46. The summed E-state index contributed by atoms with van der Waals surface area (Å²) in [6.07, 6.45) is 7.16. The summed E-state index contributed by atoms with van der Waals surface area (Å²) in [5, 5.41) is 4.76. The monoisotopic (exact) mass is 410 g/mol. The summed E-state index contributed by atoms with van der Waals surface area (Å²) >= 11 is 8.35. The second-order valence-corrected chi connectivity index (χ2v) is 8.40. The molecule has 0 unspecified atom stereocenters. The van der Waals surface area contributed by atoms with Crippen molar-refractivity contribution in [1.82, 2.24) is 10.3 Å². The topological polar surface area (TPSA) is 42.0 Å². The smallest absolute Gasteiger partial charge is 0.251 e. The number of hydrogen-bond acceptors (Lipinski definition) is 3. The first-order valence-electron chi connectivity index (χ1n) is 9.68. The minimum atomic E-state index is -0.0710. The molecule has 0 bridgehead atoms. The summed E-state index contributed by atoms with van der Waals surface area (Å²) in [5.74, 6) is -0.0710. The van der Waals surface area contributed by atoms with Crippen LogP contribution in [0.25, 0.3) is 10.9 Å². The van der Waals surface area contributed by atoms with Crippen LogP contribution in [-0.4, -0.2) is 23.7 Å². The summed E-state index contributed by atoms with van der Waals surface area (Å²) in [4.78, 5) is 18.6. The van der Waals surface area contributed by atoms with E-state index < -0.39 is 0 Å². The average Bonchev–Trinajstić information content (AvgIpc) is 2.74. The van der Waals surface area contributed by atoms with E-state index in [2.05, 4.69) is 35.8 Å². The predicted molar refractivity (Wildman–Crippen MR) is 118 cm³/mol. The van der Waals surface area contributed by atoms with Gasteiger partial charge in [-0.1, -0.05) is 29.8 Å². The average molecular weight is 411 g/mol. The summed E-state index contributed by atoms with van der Waals surface area (Å²) in [6.45, 7) is 0.605. The first-order chi connectivity index (χ1) is 13.7. The molecule has 3 aromatic rings. The van der Waals surface area contributed by atoms with Crippen LogP contribution in [0, 0.1) is 0 Å². The van der Waals surface area contributed by atoms with Gasteiger partial charge in [0.25, 0.3) is 5.91 Å². The van der Waals surface area contributed by atoms with E-state index >= 15 is 0 Å². The molecule has 2 aromatic carbocycles. The zero-order valence-electron chi connectivity index (χ0n) is 15.9. The van der Waals surface area contributed by atoms with Gasteiger partial charge in [0.15, 0.2) is 0 Å². The quantitative estimate of drug-likeness (QED) is 0.568. The number of amides is 1. The Morgan fingerprint density at radius 2 is 1.93 bits per heavy atom. The third kappa shape index (κ3) is 4.03. The third-order valence-corrected chi connectivity index (χ3v) is 6.49. The number of fused-ring (bicyclic) bond motifs is 2. The van der Waals surface area contributed by atoms with E-state index in [1.54, 1.807) is 11.8 Å². The van der Waals surface area contributed by atoms with Crippen molar-refractivity contribution in [2.45, 2.75) is 37.0 Å². The SMILES string of the molecule is CSc1ccc(CCNC(=O)c2ccc3c(Cl)c4c(nc3c2)CCCC4)cc1. The Hall–Kier alpha value is -2.04. The normalized spacial score (nSPS) is 13.4. The molecular formula is C23H23ClN2OS. The van der Waals surface area contributed by atoms with Crippen molar-refractivity contribution in [3.05, 3.63) is 69.9 Å². The highest BCUT2D eigenvalue weighted by molar-refractivity contribution is 7.98. The van der Waals surface area contributed by atoms with Crippen molar-refractivity contribution in [3.8, 4) is 0 Å². The van der Waals surface area contributed by atoms with Crippen LogP contribution >= 0.6 is 23.4 Å². The third-order valence-electron chi connectivity index (χ3n) is 5.31. The predicted octanol–water partition coefficient (Wildman–Crippen LogP) is 5.46. The lowest BCUT2D eigenvalue weighted by Crippen LogP contribution is -2.25. The number of rotatable bonds is 5. The van der Waals surface area contributed by atoms with Gasteiger partial charge in [-0.15, -0.1) is 11.8 Å². The fourth-order valence-electron chi connectivity index (χ4n) is 3.72. The molecule has 0 saturated carbocycles. The molecule has 1 amide bonds. The molecule has 1 N–H and O–H groups in total. The Labute approximate surface area is 174 Å². The number of carbonyl (C=O) groups excluding carboxylic acids is 1. The summed E-state index contributed by atoms with van der Waals surface area (Å²) < 4.78 is 0. The maximum Gasteiger partial charge on any atom is 0.251 e. The molecule has 28 heavy (non-hydrogen) atoms. The maximum absolute atomic E-state index is 12.6. The van der Waals surface area contributed by atoms with Crippen LogP contribution in [0.2, 0.25) is 5.02 Å². The van der Waals surface area contributed by atoms with Crippen LogP contribution in [0.3, 0.4) is 0 Å². The van der Waals surface area contributed by atoms with E-state index in [0.717, 1.165) is 47.3 Å². The van der Waals surface area contributed by atoms with E-state index in [9.17, 15) is 4.79 Å². The first kappa shape index (κ1) is 19.3. The summed E-state index contributed by atoms with van der Waals surface area (Å²) in [6, 6.07) is 14.1. The summed E-state index contributed by atoms with van der Waals surface area (Å²) in [7, 11) is 0. The highest BCUT2D eigenvalue weighted by Crippen LogP contribution is 2.33. The molecule has 0 radical (unpaired) electrons. The zero-order chi connectivity index (χ0) is 19.5. The molecule has 0 fully saturated rings. The van der Waals surface area contributed by atoms with E-state index in [0.29, 0.717) is 12.1 Å². The largest absolute Gasteiger partial charge is 0.352 e. The molecule has 0 spiro atoms. The number of aromatic nitrogens is 1. The van der Waals surface area contributed by atoms with E-state index in [-0.39, 0.29) is 5.91 Å². The molecule has 0 atom stereocenters. The molecule has 1 aliphatic rings. The van der Waals surface area contributed by atoms with Gasteiger partial charge in [-0.3, -0.25) is 9.78 Å². The maximum atomic E-state index is 12.6. The zero-order valence-corrected chi connectivity index (χ0v) is 17.5. The van der Waals surface area contributed by atoms with Gasteiger partial charge >= 0.3 is 0 Å². The van der Waals surface area contributed by atoms with E-state index in [1.165, 1.54) is 22.4 Å². The highest BCUT2D eigenvalue weighted by atomic mass is 35.5. The second kappa shape index (κ2) is 8.54. The molecule has 5 heteroatoms. The van der Waals surface area contributed by atoms with Crippen molar-refractivity contribution in [3.63, 3.8) is 0 Å². The minimum Gasteiger partial charge on any atom is -0.352 e. The first-order valence-corrected chi connectivity index (χ1v) is 11.3. The number of nitrogens with one attached hydrogen (secondary N) is 1. The van der Waals surface area contributed by atoms with Crippen molar-refractivity contribution >= 4 is 40.2 Å². The second-order valence-electron chi connectivity index (χ2n) is 7.14. The molecule has 3 nitrogen and oxygen atoms in total. The molecule has 0 aliphatic heterocycles. The fraction of sp³-hybridized carbons (Fsp3) is 0.304. The molecule has 1 aromatic heterocycles. The van der Waals surface area contributed by atoms with Crippen LogP contribution in [0.1, 0.15) is 40.0 Å². The van der Waals surface area contributed by atoms with Crippen LogP contribution in [0.4, 0.5) is 0 Å². The van der Waals surface area contributed by atoms with Crippen LogP contribution in [-0.2, 0) is 19.3 Å². The number of nitrogens with zero attached hydrogens (tertiary/aromatic N) is 1. The highest BCUT2D eigenvalue weighted by Gasteiger charge is 2.18. The van der Waals surface area contributed by atoms with Gasteiger partial charge in [-0.2, -0.15) is 0 Å². The van der Waals surface area contributed by atoms with E-state index in [4.69, 9.17) is 16.6 Å². The van der Waals surface area contributed by atoms with Crippen molar-refractivity contribution < 1.29 is 4.79 Å². The number of benzene rings is 2. The van der Waals surface area contributed by atoms with E-state index in [1.807, 2.05) is 18.2 Å². The van der Waals surface area contributed by atoms with Gasteiger partial charge in [-0.25, -0.2) is 0 Å². The van der Waals surface area contributed by atoms with Gasteiger partial charge in [0, 0.05) is 28.1 Å². The molecule has 144 valence electrons. The number of hydrogen-bond donors (Lipinski definition) is 1. The summed E-state index contributed by atoms with van der Waals surface area (Å²) in [5.41, 5.74) is 4.94. The molecular weight excluding hydrogens is 388 g/mol. The number of pyridine rings is 1. The molecule has 1 heterocycles. The van der Waals surface area contributed by atoms with Crippen LogP contribution in [0.15, 0.2) is 47.4 Å². The minimum absolute atomic E-state index is 0.0710. The van der Waals surface area contributed by atoms with Gasteiger partial charge in [0.2, 0.25) is 0 Å². The van der Waals surface area contributed by atoms with Gasteiger partial charge < -0.3 is 5.32 Å². The standard InChI is InChI=1S/C23H23ClN2OS/c1-28-17-9-6-15(7-10-17)12-13-25-23(27)16-8-11-19-21(14-16)26-20-5-3-2-4-18(20)22(19)24/h6-11,14H,2-5,12-13H2,1H3,(H,25,27). The molecule has 1 aliphatic carbocycles. The van der Waals surface area contributed by atoms with Crippen LogP contribution in [0.5, 0.6) is 0 Å². The Kier molecular flexibility index (Phi) is 5.88. The lowest BCUT2D eigenvalue weighted by molar-refractivity contribution is 0.0954.